The summed E-state index contributed by atoms with van der Waals surface area (Å²) in [6.45, 7) is 0. The van der Waals surface area contributed by atoms with Crippen LogP contribution in [0.5, 0.6) is 0 Å². The molecule has 3 aliphatic rings. The number of carbonyl (C=O) groups is 4. The minimum absolute atomic E-state index is 0. The van der Waals surface area contributed by atoms with Crippen LogP contribution >= 0.6 is 76.1 Å². The van der Waals surface area contributed by atoms with E-state index in [4.69, 9.17) is 5.84 Å². The number of rotatable bonds is 6. The van der Waals surface area contributed by atoms with Crippen LogP contribution in [0.3, 0.4) is 0 Å². The number of hydrogen-bond donors (Lipinski definition) is 3. The van der Waals surface area contributed by atoms with Gasteiger partial charge in [-0.15, -0.1) is 12.4 Å². The Hall–Kier alpha value is -6.39. The minimum Gasteiger partial charge on any atom is -0.323 e. The second-order valence-corrected chi connectivity index (χ2v) is 18.3. The summed E-state index contributed by atoms with van der Waals surface area (Å²) in [4.78, 5) is 50.2. The molecule has 10 nitrogen and oxygen atoms in total. The maximum Gasteiger partial charge on any atom is 0.281 e. The standard InChI is InChI=1S/C20H13BrN2O2.C14H9BrN2O2.C13H9Br.C6H7BrN2.ClH/c21-17-12-6-7-13-18(17)22(14-8-2-1-3-9-14)23-19(24)15-10-4-5-11-16(15)20(23)25;15-11-7-3-4-8-12(11)16-17-13(18)9-5-1-2-6-10(9)14(17)19;14-13-7-3-6-11-10-5-2-1-4-9(10)8-12(11)13;7-5-3-1-2-4-6(5)9-8;/h1-13H;1-8,16H;1-7H,8H2;1-4,9H,8H2;1H. The van der Waals surface area contributed by atoms with Crippen LogP contribution in [0.4, 0.5) is 22.7 Å². The number of hydrogen-bond acceptors (Lipinski definition) is 8. The largest absolute Gasteiger partial charge is 0.323 e. The fourth-order valence-electron chi connectivity index (χ4n) is 7.57. The molecule has 0 spiro atoms. The van der Waals surface area contributed by atoms with Crippen molar-refractivity contribution >= 4 is 123 Å². The van der Waals surface area contributed by atoms with Crippen molar-refractivity contribution in [1.29, 1.82) is 0 Å². The molecule has 1 aliphatic carbocycles. The number of nitrogens with zero attached hydrogens (tertiary/aromatic N) is 3. The highest BCUT2D eigenvalue weighted by Crippen LogP contribution is 2.40. The van der Waals surface area contributed by atoms with Crippen molar-refractivity contribution in [3.05, 3.63) is 245 Å². The SMILES string of the molecule is Brc1cccc2c1Cc1ccccc1-2.Cl.NNc1ccccc1Br.O=C1c2ccccc2C(=O)N1N(c1ccccc1)c1ccccc1Br.O=C1c2ccccc2C(=O)N1Nc1ccccc1Br. The van der Waals surface area contributed by atoms with E-state index in [1.165, 1.54) is 31.7 Å². The Morgan fingerprint density at radius 2 is 0.853 bits per heavy atom. The number of nitrogens with two attached hydrogens (primary N) is 1. The van der Waals surface area contributed by atoms with Gasteiger partial charge >= 0.3 is 0 Å². The third kappa shape index (κ3) is 10.5. The lowest BCUT2D eigenvalue weighted by atomic mass is 10.1. The van der Waals surface area contributed by atoms with Gasteiger partial charge in [0.25, 0.3) is 23.6 Å². The minimum atomic E-state index is -0.337. The van der Waals surface area contributed by atoms with E-state index in [2.05, 4.69) is 117 Å². The average Bonchev–Trinajstić information content (AvgIpc) is 3.95. The lowest BCUT2D eigenvalue weighted by Crippen LogP contribution is -2.43. The number of hydrazine groups is 3. The summed E-state index contributed by atoms with van der Waals surface area (Å²) < 4.78 is 3.78. The molecule has 0 saturated heterocycles. The maximum atomic E-state index is 13.0. The molecule has 0 saturated carbocycles. The molecular formula is C53H39Br4ClN6O4. The van der Waals surface area contributed by atoms with Crippen LogP contribution in [0.15, 0.2) is 212 Å². The predicted octanol–water partition coefficient (Wildman–Crippen LogP) is 14.0. The molecule has 4 amide bonds. The summed E-state index contributed by atoms with van der Waals surface area (Å²) in [5.41, 5.74) is 15.7. The smallest absolute Gasteiger partial charge is 0.281 e. The summed E-state index contributed by atoms with van der Waals surface area (Å²) >= 11 is 13.8. The van der Waals surface area contributed by atoms with Crippen LogP contribution in [0.1, 0.15) is 52.6 Å². The van der Waals surface area contributed by atoms with Crippen molar-refractivity contribution in [1.82, 2.24) is 10.0 Å². The number of benzene rings is 8. The van der Waals surface area contributed by atoms with Gasteiger partial charge in [0, 0.05) is 17.9 Å². The number of nitrogens with one attached hydrogen (secondary N) is 2. The average molecular weight is 1180 g/mol. The zero-order valence-electron chi connectivity index (χ0n) is 35.7. The number of para-hydroxylation sites is 4. The topological polar surface area (TPSA) is 128 Å². The molecule has 8 aromatic carbocycles. The van der Waals surface area contributed by atoms with Gasteiger partial charge in [0.1, 0.15) is 0 Å². The molecular weight excluding hydrogens is 1140 g/mol. The van der Waals surface area contributed by atoms with Crippen LogP contribution in [0, 0.1) is 0 Å². The van der Waals surface area contributed by atoms with E-state index in [0.717, 1.165) is 36.2 Å². The van der Waals surface area contributed by atoms with Crippen molar-refractivity contribution in [2.75, 3.05) is 15.9 Å². The molecule has 0 atom stereocenters. The van der Waals surface area contributed by atoms with Gasteiger partial charge in [0.05, 0.1) is 45.0 Å². The fourth-order valence-corrected chi connectivity index (χ4v) is 9.30. The zero-order chi connectivity index (χ0) is 47.0. The van der Waals surface area contributed by atoms with Gasteiger partial charge < -0.3 is 5.43 Å². The first-order chi connectivity index (χ1) is 32.6. The van der Waals surface area contributed by atoms with Gasteiger partial charge in [-0.25, -0.2) is 5.01 Å². The molecule has 0 fully saturated rings. The van der Waals surface area contributed by atoms with E-state index in [1.54, 1.807) is 59.6 Å². The molecule has 2 heterocycles. The number of carbonyl (C=O) groups excluding carboxylic acids is 4. The van der Waals surface area contributed by atoms with Crippen LogP contribution in [-0.2, 0) is 6.42 Å². The van der Waals surface area contributed by atoms with Crippen LogP contribution in [0.25, 0.3) is 11.1 Å². The predicted molar refractivity (Wildman–Crippen MR) is 286 cm³/mol. The Kier molecular flexibility index (Phi) is 16.5. The second-order valence-electron chi connectivity index (χ2n) is 14.9. The molecule has 0 radical (unpaired) electrons. The van der Waals surface area contributed by atoms with E-state index < -0.39 is 0 Å². The molecule has 4 N–H and O–H groups in total. The third-order valence-corrected chi connectivity index (χ3v) is 13.6. The molecule has 0 aromatic heterocycles. The van der Waals surface area contributed by atoms with Gasteiger partial charge in [-0.2, -0.15) is 10.0 Å². The first kappa shape index (κ1) is 49.5. The monoisotopic (exact) mass is 1170 g/mol. The van der Waals surface area contributed by atoms with Gasteiger partial charge in [-0.1, -0.05) is 131 Å². The van der Waals surface area contributed by atoms with Gasteiger partial charge in [0.15, 0.2) is 0 Å². The van der Waals surface area contributed by atoms with Crippen molar-refractivity contribution in [3.63, 3.8) is 0 Å². The third-order valence-electron chi connectivity index (χ3n) is 10.8. The molecule has 0 bridgehead atoms. The van der Waals surface area contributed by atoms with Crippen LogP contribution in [0.2, 0.25) is 0 Å². The van der Waals surface area contributed by atoms with Crippen molar-refractivity contribution in [2.24, 2.45) is 5.84 Å². The maximum absolute atomic E-state index is 13.0. The quantitative estimate of drug-likeness (QED) is 0.0853. The molecule has 340 valence electrons. The Labute approximate surface area is 433 Å². The molecule has 68 heavy (non-hydrogen) atoms. The normalized spacial score (nSPS) is 12.4. The summed E-state index contributed by atoms with van der Waals surface area (Å²) in [5, 5.41) is 3.87. The number of halogens is 5. The number of imide groups is 2. The molecule has 8 aromatic rings. The van der Waals surface area contributed by atoms with E-state index in [0.29, 0.717) is 33.6 Å². The lowest BCUT2D eigenvalue weighted by molar-refractivity contribution is 0.0648. The lowest BCUT2D eigenvalue weighted by Gasteiger charge is -2.32. The summed E-state index contributed by atoms with van der Waals surface area (Å²) in [6, 6.07) is 60.6. The fraction of sp³-hybridized carbons (Fsp3) is 0.0189. The summed E-state index contributed by atoms with van der Waals surface area (Å²) in [6.07, 6.45) is 1.06. The Morgan fingerprint density at radius 1 is 0.426 bits per heavy atom. The van der Waals surface area contributed by atoms with Crippen molar-refractivity contribution < 1.29 is 19.2 Å². The number of amides is 4. The highest BCUT2D eigenvalue weighted by molar-refractivity contribution is 9.11. The van der Waals surface area contributed by atoms with E-state index in [9.17, 15) is 19.2 Å². The molecule has 0 unspecified atom stereocenters. The highest BCUT2D eigenvalue weighted by atomic mass is 79.9. The Bertz CT molecular complexity index is 3090. The van der Waals surface area contributed by atoms with E-state index in [1.807, 2.05) is 97.1 Å². The van der Waals surface area contributed by atoms with Crippen LogP contribution in [-0.4, -0.2) is 33.6 Å². The summed E-state index contributed by atoms with van der Waals surface area (Å²) in [5.74, 6) is 3.83. The van der Waals surface area contributed by atoms with Crippen LogP contribution < -0.4 is 21.7 Å². The van der Waals surface area contributed by atoms with E-state index in [-0.39, 0.29) is 36.0 Å². The Balaban J connectivity index is 0.000000141. The first-order valence-corrected chi connectivity index (χ1v) is 23.9. The summed E-state index contributed by atoms with van der Waals surface area (Å²) in [7, 11) is 0. The van der Waals surface area contributed by atoms with Gasteiger partial charge in [0.2, 0.25) is 0 Å². The van der Waals surface area contributed by atoms with Crippen molar-refractivity contribution in [2.45, 2.75) is 6.42 Å². The van der Waals surface area contributed by atoms with E-state index >= 15 is 0 Å². The van der Waals surface area contributed by atoms with Gasteiger partial charge in [-0.3, -0.25) is 30.4 Å². The number of anilines is 4. The second kappa shape index (κ2) is 22.6. The molecule has 11 rings (SSSR count). The number of fused-ring (bicyclic) bond motifs is 5. The Morgan fingerprint density at radius 3 is 1.38 bits per heavy atom. The highest BCUT2D eigenvalue weighted by Gasteiger charge is 2.41. The zero-order valence-corrected chi connectivity index (χ0v) is 42.8. The molecule has 2 aliphatic heterocycles. The molecule has 15 heteroatoms. The van der Waals surface area contributed by atoms with Crippen molar-refractivity contribution in [3.8, 4) is 11.1 Å². The number of nitrogen functional groups attached to an aromatic ring is 1. The van der Waals surface area contributed by atoms with Gasteiger partial charge in [-0.05, 0) is 155 Å². The first-order valence-electron chi connectivity index (χ1n) is 20.7.